The van der Waals surface area contributed by atoms with E-state index in [0.717, 1.165) is 16.7 Å². The largest absolute Gasteiger partial charge is 0.380 e. The molecule has 0 saturated heterocycles. The molecule has 2 heteroatoms. The van der Waals surface area contributed by atoms with Crippen LogP contribution in [0.15, 0.2) is 40.9 Å². The number of benzene rings is 2. The van der Waals surface area contributed by atoms with Gasteiger partial charge in [-0.25, -0.2) is 0 Å². The van der Waals surface area contributed by atoms with Gasteiger partial charge in [-0.15, -0.1) is 0 Å². The lowest BCUT2D eigenvalue weighted by Gasteiger charge is -2.12. The van der Waals surface area contributed by atoms with Crippen LogP contribution in [0.3, 0.4) is 0 Å². The molecular formula is C16H18BrN. The lowest BCUT2D eigenvalue weighted by Crippen LogP contribution is -2.02. The third-order valence-electron chi connectivity index (χ3n) is 3.16. The molecular weight excluding hydrogens is 286 g/mol. The fraction of sp³-hybridized carbons (Fsp3) is 0.250. The average Bonchev–Trinajstić information content (AvgIpc) is 2.33. The Hall–Kier alpha value is -1.28. The summed E-state index contributed by atoms with van der Waals surface area (Å²) in [6.45, 7) is 7.25. The molecule has 94 valence electrons. The fourth-order valence-electron chi connectivity index (χ4n) is 2.02. The maximum atomic E-state index is 3.62. The van der Waals surface area contributed by atoms with E-state index in [1.807, 2.05) is 0 Å². The molecule has 0 aliphatic rings. The molecule has 0 radical (unpaired) electrons. The van der Waals surface area contributed by atoms with Crippen molar-refractivity contribution in [1.82, 2.24) is 0 Å². The van der Waals surface area contributed by atoms with Crippen molar-refractivity contribution in [2.24, 2.45) is 0 Å². The van der Waals surface area contributed by atoms with Gasteiger partial charge in [0.2, 0.25) is 0 Å². The van der Waals surface area contributed by atoms with Crippen LogP contribution in [0.25, 0.3) is 0 Å². The first-order valence-electron chi connectivity index (χ1n) is 6.13. The van der Waals surface area contributed by atoms with Crippen LogP contribution < -0.4 is 5.32 Å². The molecule has 1 nitrogen and oxygen atoms in total. The zero-order valence-corrected chi connectivity index (χ0v) is 12.6. The molecule has 18 heavy (non-hydrogen) atoms. The normalized spacial score (nSPS) is 10.4. The summed E-state index contributed by atoms with van der Waals surface area (Å²) in [4.78, 5) is 0. The molecule has 0 spiro atoms. The molecule has 0 aliphatic carbocycles. The zero-order valence-electron chi connectivity index (χ0n) is 11.0. The first-order chi connectivity index (χ1) is 8.58. The van der Waals surface area contributed by atoms with E-state index in [2.05, 4.69) is 78.4 Å². The molecule has 0 amide bonds. The van der Waals surface area contributed by atoms with Crippen LogP contribution in [0.1, 0.15) is 22.3 Å². The van der Waals surface area contributed by atoms with Crippen molar-refractivity contribution in [3.05, 3.63) is 63.1 Å². The second-order valence-corrected chi connectivity index (χ2v) is 5.51. The molecule has 0 aromatic heterocycles. The lowest BCUT2D eigenvalue weighted by molar-refractivity contribution is 1.11. The van der Waals surface area contributed by atoms with Gasteiger partial charge in [-0.3, -0.25) is 0 Å². The molecule has 0 bridgehead atoms. The van der Waals surface area contributed by atoms with E-state index in [-0.39, 0.29) is 0 Å². The second-order valence-electron chi connectivity index (χ2n) is 4.72. The van der Waals surface area contributed by atoms with Crippen LogP contribution >= 0.6 is 15.9 Å². The van der Waals surface area contributed by atoms with Gasteiger partial charge >= 0.3 is 0 Å². The average molecular weight is 304 g/mol. The monoisotopic (exact) mass is 303 g/mol. The van der Waals surface area contributed by atoms with Crippen molar-refractivity contribution in [1.29, 1.82) is 0 Å². The predicted molar refractivity (Wildman–Crippen MR) is 82.1 cm³/mol. The number of rotatable bonds is 3. The summed E-state index contributed by atoms with van der Waals surface area (Å²) in [5.41, 5.74) is 6.39. The Kier molecular flexibility index (Phi) is 4.07. The molecule has 2 aromatic carbocycles. The van der Waals surface area contributed by atoms with E-state index in [9.17, 15) is 0 Å². The highest BCUT2D eigenvalue weighted by molar-refractivity contribution is 9.10. The van der Waals surface area contributed by atoms with Gasteiger partial charge in [-0.1, -0.05) is 35.9 Å². The molecule has 0 atom stereocenters. The van der Waals surface area contributed by atoms with Gasteiger partial charge in [0, 0.05) is 16.7 Å². The summed E-state index contributed by atoms with van der Waals surface area (Å²) < 4.78 is 1.15. The van der Waals surface area contributed by atoms with Crippen LogP contribution in [-0.2, 0) is 6.54 Å². The Morgan fingerprint density at radius 3 is 2.50 bits per heavy atom. The molecule has 2 aromatic rings. The Morgan fingerprint density at radius 1 is 1.00 bits per heavy atom. The van der Waals surface area contributed by atoms with Gasteiger partial charge in [0.15, 0.2) is 0 Å². The van der Waals surface area contributed by atoms with Crippen LogP contribution in [-0.4, -0.2) is 0 Å². The first-order valence-corrected chi connectivity index (χ1v) is 6.92. The van der Waals surface area contributed by atoms with Crippen LogP contribution in [0.2, 0.25) is 0 Å². The van der Waals surface area contributed by atoms with Crippen LogP contribution in [0.5, 0.6) is 0 Å². The third-order valence-corrected chi connectivity index (χ3v) is 4.21. The quantitative estimate of drug-likeness (QED) is 0.842. The number of hydrogen-bond acceptors (Lipinski definition) is 1. The number of nitrogens with one attached hydrogen (secondary N) is 1. The first kappa shape index (κ1) is 13.2. The van der Waals surface area contributed by atoms with Gasteiger partial charge in [0.25, 0.3) is 0 Å². The minimum Gasteiger partial charge on any atom is -0.380 e. The summed E-state index contributed by atoms with van der Waals surface area (Å²) in [5, 5.41) is 3.48. The summed E-state index contributed by atoms with van der Waals surface area (Å²) in [5.74, 6) is 0. The van der Waals surface area contributed by atoms with Crippen LogP contribution in [0, 0.1) is 20.8 Å². The Balaban J connectivity index is 2.14. The van der Waals surface area contributed by atoms with E-state index in [0.29, 0.717) is 0 Å². The van der Waals surface area contributed by atoms with E-state index in [1.54, 1.807) is 0 Å². The Bertz CT molecular complexity index is 561. The second kappa shape index (κ2) is 5.57. The maximum Gasteiger partial charge on any atom is 0.0490 e. The van der Waals surface area contributed by atoms with E-state index in [4.69, 9.17) is 0 Å². The highest BCUT2D eigenvalue weighted by atomic mass is 79.9. The van der Waals surface area contributed by atoms with Crippen molar-refractivity contribution in [2.45, 2.75) is 27.3 Å². The predicted octanol–water partition coefficient (Wildman–Crippen LogP) is 4.99. The molecule has 0 heterocycles. The molecule has 0 saturated carbocycles. The highest BCUT2D eigenvalue weighted by Crippen LogP contribution is 2.26. The number of halogens is 1. The molecule has 2 rings (SSSR count). The smallest absolute Gasteiger partial charge is 0.0490 e. The Morgan fingerprint density at radius 2 is 1.78 bits per heavy atom. The maximum absolute atomic E-state index is 3.62. The summed E-state index contributed by atoms with van der Waals surface area (Å²) in [6.07, 6.45) is 0. The molecule has 0 unspecified atom stereocenters. The molecule has 1 N–H and O–H groups in total. The van der Waals surface area contributed by atoms with Crippen molar-refractivity contribution >= 4 is 21.6 Å². The van der Waals surface area contributed by atoms with Gasteiger partial charge in [0.05, 0.1) is 0 Å². The van der Waals surface area contributed by atoms with E-state index >= 15 is 0 Å². The van der Waals surface area contributed by atoms with Gasteiger partial charge in [-0.2, -0.15) is 0 Å². The fourth-order valence-corrected chi connectivity index (χ4v) is 2.42. The number of aryl methyl sites for hydroxylation is 3. The summed E-state index contributed by atoms with van der Waals surface area (Å²) >= 11 is 3.62. The van der Waals surface area contributed by atoms with Gasteiger partial charge in [-0.05, 0) is 59.5 Å². The SMILES string of the molecule is Cc1ccc(CNc2cccc(C)c2Br)c(C)c1. The van der Waals surface area contributed by atoms with Crippen LogP contribution in [0.4, 0.5) is 5.69 Å². The number of hydrogen-bond donors (Lipinski definition) is 1. The van der Waals surface area contributed by atoms with Gasteiger partial charge < -0.3 is 5.32 Å². The summed E-state index contributed by atoms with van der Waals surface area (Å²) in [7, 11) is 0. The topological polar surface area (TPSA) is 12.0 Å². The lowest BCUT2D eigenvalue weighted by atomic mass is 10.1. The van der Waals surface area contributed by atoms with E-state index in [1.165, 1.54) is 22.3 Å². The zero-order chi connectivity index (χ0) is 13.1. The van der Waals surface area contributed by atoms with Crippen molar-refractivity contribution < 1.29 is 0 Å². The minimum absolute atomic E-state index is 0.855. The summed E-state index contributed by atoms with van der Waals surface area (Å²) in [6, 6.07) is 12.9. The minimum atomic E-state index is 0.855. The van der Waals surface area contributed by atoms with E-state index < -0.39 is 0 Å². The highest BCUT2D eigenvalue weighted by Gasteiger charge is 2.03. The number of anilines is 1. The van der Waals surface area contributed by atoms with Crippen molar-refractivity contribution in [3.63, 3.8) is 0 Å². The molecule has 0 fully saturated rings. The van der Waals surface area contributed by atoms with Gasteiger partial charge in [0.1, 0.15) is 0 Å². The van der Waals surface area contributed by atoms with Crippen molar-refractivity contribution in [3.8, 4) is 0 Å². The third kappa shape index (κ3) is 2.94. The standard InChI is InChI=1S/C16H18BrN/c1-11-7-8-14(13(3)9-11)10-18-15-6-4-5-12(2)16(15)17/h4-9,18H,10H2,1-3H3. The molecule has 0 aliphatic heterocycles. The Labute approximate surface area is 117 Å². The van der Waals surface area contributed by atoms with Crippen molar-refractivity contribution in [2.75, 3.05) is 5.32 Å².